The van der Waals surface area contributed by atoms with Crippen molar-refractivity contribution in [2.45, 2.75) is 44.6 Å². The predicted octanol–water partition coefficient (Wildman–Crippen LogP) is 1.10. The number of carboxylic acids is 2. The highest BCUT2D eigenvalue weighted by Crippen LogP contribution is 2.40. The van der Waals surface area contributed by atoms with E-state index in [-0.39, 0.29) is 6.42 Å². The van der Waals surface area contributed by atoms with Gasteiger partial charge in [0.2, 0.25) is 0 Å². The zero-order valence-corrected chi connectivity index (χ0v) is 9.35. The molecule has 1 aliphatic carbocycles. The predicted molar refractivity (Wildman–Crippen MR) is 56.0 cm³/mol. The minimum absolute atomic E-state index is 0.120. The van der Waals surface area contributed by atoms with E-state index in [1.54, 1.807) is 6.92 Å². The van der Waals surface area contributed by atoms with E-state index in [0.29, 0.717) is 12.8 Å². The molecule has 0 bridgehead atoms. The third kappa shape index (κ3) is 2.04. The first-order valence-electron chi connectivity index (χ1n) is 5.63. The van der Waals surface area contributed by atoms with E-state index < -0.39 is 29.4 Å². The first-order chi connectivity index (χ1) is 7.44. The Bertz CT molecular complexity index is 282. The maximum absolute atomic E-state index is 11.2. The highest BCUT2D eigenvalue weighted by Gasteiger charge is 2.53. The molecular formula is C11H18O5. The summed E-state index contributed by atoms with van der Waals surface area (Å²) in [7, 11) is 0. The third-order valence-corrected chi connectivity index (χ3v) is 3.56. The molecule has 0 aromatic heterocycles. The van der Waals surface area contributed by atoms with Crippen LogP contribution in [0.25, 0.3) is 0 Å². The van der Waals surface area contributed by atoms with Gasteiger partial charge in [0, 0.05) is 0 Å². The molecule has 5 heteroatoms. The fourth-order valence-electron chi connectivity index (χ4n) is 2.65. The fraction of sp³-hybridized carbons (Fsp3) is 0.818. The van der Waals surface area contributed by atoms with Crippen LogP contribution < -0.4 is 0 Å². The second-order valence-corrected chi connectivity index (χ2v) is 4.41. The smallest absolute Gasteiger partial charge is 0.336 e. The number of hydrogen-bond donors (Lipinski definition) is 3. The van der Waals surface area contributed by atoms with Gasteiger partial charge in [0.1, 0.15) is 0 Å². The van der Waals surface area contributed by atoms with Crippen molar-refractivity contribution in [3.05, 3.63) is 0 Å². The Morgan fingerprint density at radius 1 is 1.31 bits per heavy atom. The lowest BCUT2D eigenvalue weighted by Crippen LogP contribution is -2.53. The monoisotopic (exact) mass is 230 g/mol. The lowest BCUT2D eigenvalue weighted by molar-refractivity contribution is -0.182. The summed E-state index contributed by atoms with van der Waals surface area (Å²) in [6.07, 6.45) is 3.01. The van der Waals surface area contributed by atoms with Crippen LogP contribution >= 0.6 is 0 Å². The van der Waals surface area contributed by atoms with Crippen LogP contribution in [0.2, 0.25) is 0 Å². The molecule has 0 saturated heterocycles. The Morgan fingerprint density at radius 2 is 1.81 bits per heavy atom. The van der Waals surface area contributed by atoms with Crippen molar-refractivity contribution in [1.82, 2.24) is 0 Å². The van der Waals surface area contributed by atoms with E-state index in [1.165, 1.54) is 0 Å². The number of aliphatic carboxylic acids is 2. The summed E-state index contributed by atoms with van der Waals surface area (Å²) in [5.74, 6) is -4.31. The standard InChI is InChI=1S/C11H18O5/c1-2-8(9(12)13)11(16,10(14)15)7-5-3-4-6-7/h7-8,16H,2-6H2,1H3,(H,12,13)(H,14,15). The summed E-state index contributed by atoms with van der Waals surface area (Å²) in [5.41, 5.74) is -2.11. The van der Waals surface area contributed by atoms with Gasteiger partial charge in [0.25, 0.3) is 0 Å². The Hall–Kier alpha value is -1.10. The van der Waals surface area contributed by atoms with E-state index in [9.17, 15) is 14.7 Å². The van der Waals surface area contributed by atoms with Crippen LogP contribution in [-0.2, 0) is 9.59 Å². The summed E-state index contributed by atoms with van der Waals surface area (Å²) in [5, 5.41) is 28.4. The molecule has 16 heavy (non-hydrogen) atoms. The van der Waals surface area contributed by atoms with Crippen molar-refractivity contribution in [3.8, 4) is 0 Å². The molecule has 1 rings (SSSR count). The van der Waals surface area contributed by atoms with Crippen LogP contribution in [0.15, 0.2) is 0 Å². The molecule has 0 aromatic carbocycles. The minimum atomic E-state index is -2.11. The summed E-state index contributed by atoms with van der Waals surface area (Å²) < 4.78 is 0. The Kier molecular flexibility index (Phi) is 3.91. The van der Waals surface area contributed by atoms with E-state index in [2.05, 4.69) is 0 Å². The van der Waals surface area contributed by atoms with Crippen LogP contribution in [0.3, 0.4) is 0 Å². The molecule has 0 aliphatic heterocycles. The van der Waals surface area contributed by atoms with Gasteiger partial charge in [-0.2, -0.15) is 0 Å². The van der Waals surface area contributed by atoms with Gasteiger partial charge in [-0.3, -0.25) is 4.79 Å². The van der Waals surface area contributed by atoms with Crippen LogP contribution in [0, 0.1) is 11.8 Å². The molecule has 3 N–H and O–H groups in total. The summed E-state index contributed by atoms with van der Waals surface area (Å²) >= 11 is 0. The van der Waals surface area contributed by atoms with Crippen molar-refractivity contribution in [2.75, 3.05) is 0 Å². The topological polar surface area (TPSA) is 94.8 Å². The number of carboxylic acid groups (broad SMARTS) is 2. The largest absolute Gasteiger partial charge is 0.481 e. The molecule has 1 aliphatic rings. The molecule has 0 heterocycles. The zero-order valence-electron chi connectivity index (χ0n) is 9.35. The van der Waals surface area contributed by atoms with E-state index in [4.69, 9.17) is 10.2 Å². The van der Waals surface area contributed by atoms with Gasteiger partial charge in [-0.05, 0) is 25.2 Å². The second-order valence-electron chi connectivity index (χ2n) is 4.41. The minimum Gasteiger partial charge on any atom is -0.481 e. The number of carbonyl (C=O) groups is 2. The van der Waals surface area contributed by atoms with Crippen molar-refractivity contribution in [3.63, 3.8) is 0 Å². The summed E-state index contributed by atoms with van der Waals surface area (Å²) in [6, 6.07) is 0. The average molecular weight is 230 g/mol. The number of hydrogen-bond acceptors (Lipinski definition) is 3. The lowest BCUT2D eigenvalue weighted by atomic mass is 9.74. The Balaban J connectivity index is 3.02. The van der Waals surface area contributed by atoms with E-state index in [1.807, 2.05) is 0 Å². The quantitative estimate of drug-likeness (QED) is 0.657. The van der Waals surface area contributed by atoms with Crippen LogP contribution in [0.1, 0.15) is 39.0 Å². The first-order valence-corrected chi connectivity index (χ1v) is 5.63. The van der Waals surface area contributed by atoms with Gasteiger partial charge < -0.3 is 15.3 Å². The molecule has 92 valence electrons. The maximum Gasteiger partial charge on any atom is 0.336 e. The van der Waals surface area contributed by atoms with Gasteiger partial charge in [0.05, 0.1) is 5.92 Å². The normalized spacial score (nSPS) is 22.6. The average Bonchev–Trinajstić information content (AvgIpc) is 2.70. The zero-order chi connectivity index (χ0) is 12.3. The molecule has 2 atom stereocenters. The Morgan fingerprint density at radius 3 is 2.12 bits per heavy atom. The van der Waals surface area contributed by atoms with Crippen LogP contribution in [-0.4, -0.2) is 32.9 Å². The van der Waals surface area contributed by atoms with Crippen molar-refractivity contribution >= 4 is 11.9 Å². The number of rotatable bonds is 5. The van der Waals surface area contributed by atoms with Crippen molar-refractivity contribution in [1.29, 1.82) is 0 Å². The van der Waals surface area contributed by atoms with Gasteiger partial charge in [0.15, 0.2) is 5.60 Å². The highest BCUT2D eigenvalue weighted by atomic mass is 16.4. The molecule has 0 radical (unpaired) electrons. The summed E-state index contributed by atoms with van der Waals surface area (Å²) in [6.45, 7) is 1.58. The molecule has 2 unspecified atom stereocenters. The van der Waals surface area contributed by atoms with E-state index in [0.717, 1.165) is 12.8 Å². The third-order valence-electron chi connectivity index (χ3n) is 3.56. The van der Waals surface area contributed by atoms with Crippen molar-refractivity contribution in [2.24, 2.45) is 11.8 Å². The first kappa shape index (κ1) is 13.0. The molecule has 0 aromatic rings. The van der Waals surface area contributed by atoms with Gasteiger partial charge in [-0.25, -0.2) is 4.79 Å². The molecule has 1 fully saturated rings. The molecular weight excluding hydrogens is 212 g/mol. The van der Waals surface area contributed by atoms with Crippen LogP contribution in [0.4, 0.5) is 0 Å². The summed E-state index contributed by atoms with van der Waals surface area (Å²) in [4.78, 5) is 22.2. The molecule has 1 saturated carbocycles. The van der Waals surface area contributed by atoms with Crippen LogP contribution in [0.5, 0.6) is 0 Å². The molecule has 5 nitrogen and oxygen atoms in total. The second kappa shape index (κ2) is 4.82. The maximum atomic E-state index is 11.2. The highest BCUT2D eigenvalue weighted by molar-refractivity contribution is 5.86. The Labute approximate surface area is 94.1 Å². The van der Waals surface area contributed by atoms with E-state index >= 15 is 0 Å². The van der Waals surface area contributed by atoms with Crippen molar-refractivity contribution < 1.29 is 24.9 Å². The molecule has 0 spiro atoms. The SMILES string of the molecule is CCC(C(=O)O)C(O)(C(=O)O)C1CCCC1. The number of aliphatic hydroxyl groups is 1. The van der Waals surface area contributed by atoms with Gasteiger partial charge in [-0.1, -0.05) is 19.8 Å². The lowest BCUT2D eigenvalue weighted by Gasteiger charge is -2.34. The fourth-order valence-corrected chi connectivity index (χ4v) is 2.65. The molecule has 0 amide bonds. The van der Waals surface area contributed by atoms with Gasteiger partial charge in [-0.15, -0.1) is 0 Å². The van der Waals surface area contributed by atoms with Gasteiger partial charge >= 0.3 is 11.9 Å².